The van der Waals surface area contributed by atoms with E-state index in [4.69, 9.17) is 13.9 Å². The Morgan fingerprint density at radius 1 is 1.15 bits per heavy atom. The van der Waals surface area contributed by atoms with Crippen molar-refractivity contribution >= 4 is 14.3 Å². The monoisotopic (exact) mass is 302 g/mol. The van der Waals surface area contributed by atoms with Crippen molar-refractivity contribution in [3.63, 3.8) is 0 Å². The molecule has 0 bridgehead atoms. The summed E-state index contributed by atoms with van der Waals surface area (Å²) in [5, 5.41) is 0. The van der Waals surface area contributed by atoms with E-state index in [9.17, 15) is 4.79 Å². The second-order valence-electron chi connectivity index (χ2n) is 5.24. The SMILES string of the molecule is C=C(C)C[C@H](OC)[C@H](O[Si](CC)(CC)CC)C(=O)OC. The summed E-state index contributed by atoms with van der Waals surface area (Å²) >= 11 is 0. The number of hydrogen-bond donors (Lipinski definition) is 0. The molecule has 5 heteroatoms. The molecule has 0 saturated carbocycles. The lowest BCUT2D eigenvalue weighted by Gasteiger charge is -2.35. The molecule has 0 aliphatic rings. The van der Waals surface area contributed by atoms with Gasteiger partial charge in [0.05, 0.1) is 13.2 Å². The molecule has 0 aliphatic carbocycles. The maximum Gasteiger partial charge on any atom is 0.336 e. The fourth-order valence-corrected chi connectivity index (χ4v) is 5.11. The Morgan fingerprint density at radius 3 is 1.95 bits per heavy atom. The molecule has 0 unspecified atom stereocenters. The molecular formula is C15H30O4Si. The molecule has 0 aromatic heterocycles. The highest BCUT2D eigenvalue weighted by Crippen LogP contribution is 2.26. The highest BCUT2D eigenvalue weighted by atomic mass is 28.4. The molecule has 0 fully saturated rings. The number of esters is 1. The fraction of sp³-hybridized carbons (Fsp3) is 0.800. The van der Waals surface area contributed by atoms with Crippen LogP contribution >= 0.6 is 0 Å². The van der Waals surface area contributed by atoms with Gasteiger partial charge < -0.3 is 13.9 Å². The fourth-order valence-electron chi connectivity index (χ4n) is 2.32. The van der Waals surface area contributed by atoms with Gasteiger partial charge in [-0.05, 0) is 31.5 Å². The number of ether oxygens (including phenoxy) is 2. The Morgan fingerprint density at radius 2 is 1.65 bits per heavy atom. The smallest absolute Gasteiger partial charge is 0.336 e. The van der Waals surface area contributed by atoms with Gasteiger partial charge in [0.25, 0.3) is 0 Å². The van der Waals surface area contributed by atoms with Gasteiger partial charge in [0.15, 0.2) is 14.4 Å². The van der Waals surface area contributed by atoms with Gasteiger partial charge in [-0.2, -0.15) is 0 Å². The first-order valence-electron chi connectivity index (χ1n) is 7.32. The van der Waals surface area contributed by atoms with Gasteiger partial charge >= 0.3 is 5.97 Å². The first-order valence-corrected chi connectivity index (χ1v) is 9.85. The van der Waals surface area contributed by atoms with Crippen LogP contribution in [0.5, 0.6) is 0 Å². The maximum absolute atomic E-state index is 12.1. The van der Waals surface area contributed by atoms with Crippen LogP contribution in [0.15, 0.2) is 12.2 Å². The average Bonchev–Trinajstić information content (AvgIpc) is 2.46. The van der Waals surface area contributed by atoms with E-state index in [0.29, 0.717) is 6.42 Å². The van der Waals surface area contributed by atoms with Crippen molar-refractivity contribution in [1.82, 2.24) is 0 Å². The highest BCUT2D eigenvalue weighted by molar-refractivity contribution is 6.73. The van der Waals surface area contributed by atoms with Crippen LogP contribution in [0.4, 0.5) is 0 Å². The van der Waals surface area contributed by atoms with Crippen molar-refractivity contribution in [2.24, 2.45) is 0 Å². The summed E-state index contributed by atoms with van der Waals surface area (Å²) in [6.45, 7) is 12.2. The minimum absolute atomic E-state index is 0.337. The first-order chi connectivity index (χ1) is 9.39. The molecule has 0 heterocycles. The van der Waals surface area contributed by atoms with Gasteiger partial charge in [-0.3, -0.25) is 0 Å². The Hall–Kier alpha value is -0.653. The third-order valence-electron chi connectivity index (χ3n) is 3.93. The lowest BCUT2D eigenvalue weighted by atomic mass is 10.1. The van der Waals surface area contributed by atoms with Crippen LogP contribution < -0.4 is 0 Å². The maximum atomic E-state index is 12.1. The number of methoxy groups -OCH3 is 2. The average molecular weight is 302 g/mol. The Balaban J connectivity index is 5.22. The minimum Gasteiger partial charge on any atom is -0.467 e. The number of hydrogen-bond acceptors (Lipinski definition) is 4. The second kappa shape index (κ2) is 9.31. The predicted octanol–water partition coefficient (Wildman–Crippen LogP) is 3.53. The normalized spacial score (nSPS) is 14.7. The topological polar surface area (TPSA) is 44.8 Å². The van der Waals surface area contributed by atoms with E-state index >= 15 is 0 Å². The van der Waals surface area contributed by atoms with Gasteiger partial charge in [0.1, 0.15) is 0 Å². The zero-order valence-corrected chi connectivity index (χ0v) is 14.8. The van der Waals surface area contributed by atoms with Crippen LogP contribution in [0, 0.1) is 0 Å². The van der Waals surface area contributed by atoms with Gasteiger partial charge in [0.2, 0.25) is 0 Å². The first kappa shape index (κ1) is 19.3. The Bertz CT molecular complexity index is 305. The van der Waals surface area contributed by atoms with Crippen molar-refractivity contribution in [2.45, 2.75) is 64.5 Å². The summed E-state index contributed by atoms with van der Waals surface area (Å²) in [4.78, 5) is 12.1. The molecule has 0 amide bonds. The summed E-state index contributed by atoms with van der Waals surface area (Å²) in [5.74, 6) is -0.356. The van der Waals surface area contributed by atoms with E-state index in [-0.39, 0.29) is 12.1 Å². The summed E-state index contributed by atoms with van der Waals surface area (Å²) < 4.78 is 16.7. The van der Waals surface area contributed by atoms with Crippen molar-refractivity contribution in [1.29, 1.82) is 0 Å². The lowest BCUT2D eigenvalue weighted by molar-refractivity contribution is -0.156. The third-order valence-corrected chi connectivity index (χ3v) is 8.55. The van der Waals surface area contributed by atoms with E-state index < -0.39 is 14.4 Å². The molecular weight excluding hydrogens is 272 g/mol. The number of carbonyl (C=O) groups excluding carboxylic acids is 1. The predicted molar refractivity (Wildman–Crippen MR) is 84.3 cm³/mol. The van der Waals surface area contributed by atoms with Crippen molar-refractivity contribution in [2.75, 3.05) is 14.2 Å². The van der Waals surface area contributed by atoms with Crippen molar-refractivity contribution < 1.29 is 18.7 Å². The number of rotatable bonds is 10. The largest absolute Gasteiger partial charge is 0.467 e. The Kier molecular flexibility index (Phi) is 9.01. The standard InChI is InChI=1S/C15H30O4Si/c1-8-20(9-2,10-3)19-14(15(16)18-7)13(17-6)11-12(4)5/h13-14H,4,8-11H2,1-3,5-7H3/t13-,14-/m0/s1. The third kappa shape index (κ3) is 5.38. The van der Waals surface area contributed by atoms with Crippen LogP contribution in [-0.4, -0.2) is 40.7 Å². The molecule has 0 aromatic rings. The minimum atomic E-state index is -1.90. The zero-order valence-electron chi connectivity index (χ0n) is 13.8. The molecule has 0 spiro atoms. The van der Waals surface area contributed by atoms with Crippen LogP contribution in [0.1, 0.15) is 34.1 Å². The van der Waals surface area contributed by atoms with Crippen LogP contribution in [0.2, 0.25) is 18.1 Å². The van der Waals surface area contributed by atoms with Gasteiger partial charge in [-0.25, -0.2) is 4.79 Å². The van der Waals surface area contributed by atoms with Crippen molar-refractivity contribution in [3.8, 4) is 0 Å². The van der Waals surface area contributed by atoms with Crippen LogP contribution in [-0.2, 0) is 18.7 Å². The molecule has 118 valence electrons. The lowest BCUT2D eigenvalue weighted by Crippen LogP contribution is -2.48. The molecule has 0 aromatic carbocycles. The summed E-state index contributed by atoms with van der Waals surface area (Å²) in [7, 11) is 1.09. The Labute approximate surface area is 124 Å². The van der Waals surface area contributed by atoms with E-state index in [1.54, 1.807) is 7.11 Å². The van der Waals surface area contributed by atoms with Crippen molar-refractivity contribution in [3.05, 3.63) is 12.2 Å². The molecule has 0 radical (unpaired) electrons. The molecule has 4 nitrogen and oxygen atoms in total. The van der Waals surface area contributed by atoms with Gasteiger partial charge in [0, 0.05) is 7.11 Å². The van der Waals surface area contributed by atoms with E-state index in [1.165, 1.54) is 7.11 Å². The molecule has 0 N–H and O–H groups in total. The van der Waals surface area contributed by atoms with E-state index in [0.717, 1.165) is 23.7 Å². The van der Waals surface area contributed by atoms with Gasteiger partial charge in [-0.1, -0.05) is 26.3 Å². The van der Waals surface area contributed by atoms with Crippen LogP contribution in [0.3, 0.4) is 0 Å². The van der Waals surface area contributed by atoms with E-state index in [2.05, 4.69) is 27.4 Å². The molecule has 2 atom stereocenters. The summed E-state index contributed by atoms with van der Waals surface area (Å²) in [6.07, 6.45) is -0.401. The summed E-state index contributed by atoms with van der Waals surface area (Å²) in [5.41, 5.74) is 0.964. The highest BCUT2D eigenvalue weighted by Gasteiger charge is 2.39. The van der Waals surface area contributed by atoms with E-state index in [1.807, 2.05) is 6.92 Å². The van der Waals surface area contributed by atoms with Crippen LogP contribution in [0.25, 0.3) is 0 Å². The summed E-state index contributed by atoms with van der Waals surface area (Å²) in [6, 6.07) is 2.95. The molecule has 20 heavy (non-hydrogen) atoms. The number of carbonyl (C=O) groups is 1. The quantitative estimate of drug-likeness (QED) is 0.352. The second-order valence-corrected chi connectivity index (χ2v) is 9.96. The van der Waals surface area contributed by atoms with Gasteiger partial charge in [-0.15, -0.1) is 6.58 Å². The molecule has 0 aliphatic heterocycles. The molecule has 0 saturated heterocycles. The molecule has 0 rings (SSSR count). The zero-order chi connectivity index (χ0) is 15.8.